The van der Waals surface area contributed by atoms with Gasteiger partial charge in [-0.3, -0.25) is 9.69 Å². The molecule has 1 fully saturated rings. The molecule has 2 rings (SSSR count). The lowest BCUT2D eigenvalue weighted by Gasteiger charge is -2.27. The molecular weight excluding hydrogens is 266 g/mol. The standard InChI is InChI=1S/C16H25N3O2/c1-13-3-4-15(11-14(13)2)21-12-16(20)18-7-10-19-8-5-17-6-9-19/h3-4,11,17H,5-10,12H2,1-2H3,(H,18,20). The summed E-state index contributed by atoms with van der Waals surface area (Å²) in [5, 5.41) is 6.21. The molecule has 21 heavy (non-hydrogen) atoms. The quantitative estimate of drug-likeness (QED) is 0.810. The second-order valence-corrected chi connectivity index (χ2v) is 5.48. The van der Waals surface area contributed by atoms with Crippen molar-refractivity contribution in [2.75, 3.05) is 45.9 Å². The van der Waals surface area contributed by atoms with Crippen LogP contribution in [0.15, 0.2) is 18.2 Å². The molecule has 1 saturated heterocycles. The van der Waals surface area contributed by atoms with Gasteiger partial charge in [-0.15, -0.1) is 0 Å². The van der Waals surface area contributed by atoms with Gasteiger partial charge in [-0.1, -0.05) is 6.07 Å². The zero-order valence-corrected chi connectivity index (χ0v) is 12.9. The SMILES string of the molecule is Cc1ccc(OCC(=O)NCCN2CCNCC2)cc1C. The summed E-state index contributed by atoms with van der Waals surface area (Å²) in [6.07, 6.45) is 0. The molecule has 1 amide bonds. The summed E-state index contributed by atoms with van der Waals surface area (Å²) in [7, 11) is 0. The van der Waals surface area contributed by atoms with Crippen molar-refractivity contribution in [2.45, 2.75) is 13.8 Å². The smallest absolute Gasteiger partial charge is 0.257 e. The van der Waals surface area contributed by atoms with E-state index in [1.165, 1.54) is 11.1 Å². The molecule has 2 N–H and O–H groups in total. The molecule has 0 aliphatic carbocycles. The number of nitrogens with zero attached hydrogens (tertiary/aromatic N) is 1. The highest BCUT2D eigenvalue weighted by molar-refractivity contribution is 5.77. The number of piperazine rings is 1. The van der Waals surface area contributed by atoms with Crippen LogP contribution in [0.5, 0.6) is 5.75 Å². The van der Waals surface area contributed by atoms with E-state index < -0.39 is 0 Å². The Labute approximate surface area is 126 Å². The molecule has 1 aliphatic rings. The van der Waals surface area contributed by atoms with Gasteiger partial charge >= 0.3 is 0 Å². The Kier molecular flexibility index (Phi) is 6.02. The number of carbonyl (C=O) groups is 1. The lowest BCUT2D eigenvalue weighted by atomic mass is 10.1. The van der Waals surface area contributed by atoms with Crippen LogP contribution in [0.25, 0.3) is 0 Å². The van der Waals surface area contributed by atoms with Crippen LogP contribution in [0.1, 0.15) is 11.1 Å². The lowest BCUT2D eigenvalue weighted by Crippen LogP contribution is -2.46. The van der Waals surface area contributed by atoms with Gasteiger partial charge in [-0.2, -0.15) is 0 Å². The molecule has 1 heterocycles. The molecule has 0 spiro atoms. The van der Waals surface area contributed by atoms with Gasteiger partial charge in [0, 0.05) is 39.3 Å². The number of nitrogens with one attached hydrogen (secondary N) is 2. The lowest BCUT2D eigenvalue weighted by molar-refractivity contribution is -0.123. The topological polar surface area (TPSA) is 53.6 Å². The van der Waals surface area contributed by atoms with Gasteiger partial charge in [0.25, 0.3) is 5.91 Å². The Morgan fingerprint density at radius 3 is 2.76 bits per heavy atom. The Hall–Kier alpha value is -1.59. The average Bonchev–Trinajstić information content (AvgIpc) is 2.49. The summed E-state index contributed by atoms with van der Waals surface area (Å²) in [5.41, 5.74) is 2.40. The van der Waals surface area contributed by atoms with Crippen molar-refractivity contribution >= 4 is 5.91 Å². The second-order valence-electron chi connectivity index (χ2n) is 5.48. The fourth-order valence-corrected chi connectivity index (χ4v) is 2.29. The van der Waals surface area contributed by atoms with Gasteiger partial charge in [0.15, 0.2) is 6.61 Å². The van der Waals surface area contributed by atoms with E-state index in [-0.39, 0.29) is 12.5 Å². The first-order valence-electron chi connectivity index (χ1n) is 7.55. The fourth-order valence-electron chi connectivity index (χ4n) is 2.29. The highest BCUT2D eigenvalue weighted by Crippen LogP contribution is 2.16. The molecule has 0 bridgehead atoms. The van der Waals surface area contributed by atoms with Crippen LogP contribution in [0.4, 0.5) is 0 Å². The summed E-state index contributed by atoms with van der Waals surface area (Å²) in [6, 6.07) is 5.87. The Bertz CT molecular complexity index is 471. The minimum atomic E-state index is -0.0663. The second kappa shape index (κ2) is 8.00. The zero-order valence-electron chi connectivity index (χ0n) is 12.9. The van der Waals surface area contributed by atoms with Crippen molar-refractivity contribution in [2.24, 2.45) is 0 Å². The number of ether oxygens (including phenoxy) is 1. The van der Waals surface area contributed by atoms with Crippen molar-refractivity contribution in [3.8, 4) is 5.75 Å². The van der Waals surface area contributed by atoms with Crippen LogP contribution >= 0.6 is 0 Å². The fraction of sp³-hybridized carbons (Fsp3) is 0.562. The van der Waals surface area contributed by atoms with Gasteiger partial charge in [0.05, 0.1) is 0 Å². The van der Waals surface area contributed by atoms with Crippen molar-refractivity contribution in [1.29, 1.82) is 0 Å². The van der Waals surface area contributed by atoms with E-state index in [4.69, 9.17) is 4.74 Å². The van der Waals surface area contributed by atoms with Gasteiger partial charge in [-0.05, 0) is 37.1 Å². The number of hydrogen-bond acceptors (Lipinski definition) is 4. The molecule has 1 aliphatic heterocycles. The number of aryl methyl sites for hydroxylation is 2. The molecule has 0 aromatic heterocycles. The van der Waals surface area contributed by atoms with Crippen LogP contribution in [0, 0.1) is 13.8 Å². The Balaban J connectivity index is 1.63. The summed E-state index contributed by atoms with van der Waals surface area (Å²) < 4.78 is 5.51. The number of rotatable bonds is 6. The normalized spacial score (nSPS) is 15.7. The van der Waals surface area contributed by atoms with Gasteiger partial charge in [0.1, 0.15) is 5.75 Å². The predicted octanol–water partition coefficient (Wildman–Crippen LogP) is 0.704. The third-order valence-electron chi connectivity index (χ3n) is 3.81. The van der Waals surface area contributed by atoms with Crippen LogP contribution < -0.4 is 15.4 Å². The van der Waals surface area contributed by atoms with Crippen LogP contribution in [-0.2, 0) is 4.79 Å². The number of carbonyl (C=O) groups excluding carboxylic acids is 1. The molecule has 116 valence electrons. The van der Waals surface area contributed by atoms with Crippen molar-refractivity contribution < 1.29 is 9.53 Å². The van der Waals surface area contributed by atoms with E-state index in [2.05, 4.69) is 22.5 Å². The molecular formula is C16H25N3O2. The number of hydrogen-bond donors (Lipinski definition) is 2. The van der Waals surface area contributed by atoms with E-state index in [9.17, 15) is 4.79 Å². The largest absolute Gasteiger partial charge is 0.484 e. The summed E-state index contributed by atoms with van der Waals surface area (Å²) in [4.78, 5) is 14.1. The van der Waals surface area contributed by atoms with Crippen molar-refractivity contribution in [3.63, 3.8) is 0 Å². The summed E-state index contributed by atoms with van der Waals surface area (Å²) in [6.45, 7) is 9.91. The molecule has 5 nitrogen and oxygen atoms in total. The molecule has 1 aromatic rings. The molecule has 0 unspecified atom stereocenters. The third kappa shape index (κ3) is 5.36. The van der Waals surface area contributed by atoms with E-state index in [1.807, 2.05) is 25.1 Å². The maximum atomic E-state index is 11.7. The molecule has 0 saturated carbocycles. The number of amides is 1. The highest BCUT2D eigenvalue weighted by Gasteiger charge is 2.09. The highest BCUT2D eigenvalue weighted by atomic mass is 16.5. The molecule has 5 heteroatoms. The van der Waals surface area contributed by atoms with E-state index in [0.717, 1.165) is 38.5 Å². The van der Waals surface area contributed by atoms with Crippen LogP contribution in [0.2, 0.25) is 0 Å². The van der Waals surface area contributed by atoms with Crippen molar-refractivity contribution in [3.05, 3.63) is 29.3 Å². The van der Waals surface area contributed by atoms with E-state index in [1.54, 1.807) is 0 Å². The van der Waals surface area contributed by atoms with Crippen molar-refractivity contribution in [1.82, 2.24) is 15.5 Å². The maximum Gasteiger partial charge on any atom is 0.257 e. The van der Waals surface area contributed by atoms with Gasteiger partial charge in [0.2, 0.25) is 0 Å². The Morgan fingerprint density at radius 1 is 1.29 bits per heavy atom. The number of benzene rings is 1. The van der Waals surface area contributed by atoms with Crippen LogP contribution in [0.3, 0.4) is 0 Å². The van der Waals surface area contributed by atoms with Gasteiger partial charge in [-0.25, -0.2) is 0 Å². The third-order valence-corrected chi connectivity index (χ3v) is 3.81. The van der Waals surface area contributed by atoms with Crippen LogP contribution in [-0.4, -0.2) is 56.7 Å². The first-order chi connectivity index (χ1) is 10.1. The first kappa shape index (κ1) is 15.8. The minimum absolute atomic E-state index is 0.0663. The molecule has 0 atom stereocenters. The maximum absolute atomic E-state index is 11.7. The first-order valence-corrected chi connectivity index (χ1v) is 7.55. The van der Waals surface area contributed by atoms with E-state index >= 15 is 0 Å². The minimum Gasteiger partial charge on any atom is -0.484 e. The Morgan fingerprint density at radius 2 is 2.05 bits per heavy atom. The monoisotopic (exact) mass is 291 g/mol. The molecule has 0 radical (unpaired) electrons. The summed E-state index contributed by atoms with van der Waals surface area (Å²) >= 11 is 0. The van der Waals surface area contributed by atoms with Gasteiger partial charge < -0.3 is 15.4 Å². The van der Waals surface area contributed by atoms with E-state index in [0.29, 0.717) is 6.54 Å². The average molecular weight is 291 g/mol. The predicted molar refractivity (Wildman–Crippen MR) is 83.7 cm³/mol. The molecule has 1 aromatic carbocycles. The zero-order chi connectivity index (χ0) is 15.1. The summed E-state index contributed by atoms with van der Waals surface area (Å²) in [5.74, 6) is 0.679.